The largest absolute Gasteiger partial charge is 0.349 e. The number of amides is 1. The number of thioether (sulfide) groups is 1. The van der Waals surface area contributed by atoms with Crippen molar-refractivity contribution < 1.29 is 9.18 Å². The molecule has 2 aromatic heterocycles. The Labute approximate surface area is 182 Å². The second-order valence-electron chi connectivity index (χ2n) is 6.92. The maximum Gasteiger partial charge on any atom is 0.233 e. The van der Waals surface area contributed by atoms with Crippen LogP contribution in [0, 0.1) is 5.82 Å². The van der Waals surface area contributed by atoms with Crippen molar-refractivity contribution in [1.82, 2.24) is 15.3 Å². The highest BCUT2D eigenvalue weighted by Gasteiger charge is 2.20. The van der Waals surface area contributed by atoms with Gasteiger partial charge in [-0.1, -0.05) is 54.2 Å². The van der Waals surface area contributed by atoms with Gasteiger partial charge in [-0.2, -0.15) is 0 Å². The van der Waals surface area contributed by atoms with Gasteiger partial charge in [-0.05, 0) is 43.2 Å². The van der Waals surface area contributed by atoms with Crippen LogP contribution >= 0.6 is 23.1 Å². The van der Waals surface area contributed by atoms with Gasteiger partial charge >= 0.3 is 0 Å². The normalized spacial score (nSPS) is 13.2. The molecule has 4 rings (SSSR count). The number of aromatic nitrogens is 2. The lowest BCUT2D eigenvalue weighted by atomic mass is 10.1. The summed E-state index contributed by atoms with van der Waals surface area (Å²) in [7, 11) is 0. The van der Waals surface area contributed by atoms with Crippen LogP contribution < -0.4 is 5.32 Å². The molecule has 0 aliphatic heterocycles. The minimum Gasteiger partial charge on any atom is -0.349 e. The van der Waals surface area contributed by atoms with Gasteiger partial charge in [-0.15, -0.1) is 11.3 Å². The van der Waals surface area contributed by atoms with Crippen LogP contribution in [-0.4, -0.2) is 21.1 Å². The van der Waals surface area contributed by atoms with Crippen molar-refractivity contribution in [1.29, 1.82) is 0 Å². The fourth-order valence-electron chi connectivity index (χ4n) is 3.06. The molecule has 2 unspecified atom stereocenters. The van der Waals surface area contributed by atoms with Crippen LogP contribution in [0.25, 0.3) is 20.7 Å². The molecule has 0 aliphatic rings. The molecule has 4 aromatic rings. The molecule has 1 N–H and O–H groups in total. The summed E-state index contributed by atoms with van der Waals surface area (Å²) < 4.78 is 13.1. The van der Waals surface area contributed by atoms with Gasteiger partial charge in [0, 0.05) is 10.3 Å². The third kappa shape index (κ3) is 4.52. The second-order valence-corrected chi connectivity index (χ2v) is 9.28. The number of thiophene rings is 1. The number of hydrogen-bond acceptors (Lipinski definition) is 5. The van der Waals surface area contributed by atoms with Crippen LogP contribution in [0.4, 0.5) is 4.39 Å². The summed E-state index contributed by atoms with van der Waals surface area (Å²) in [5.41, 5.74) is 1.99. The second kappa shape index (κ2) is 8.93. The number of carbonyl (C=O) groups excluding carboxylic acids is 1. The number of hydrogen-bond donors (Lipinski definition) is 1. The van der Waals surface area contributed by atoms with E-state index in [0.29, 0.717) is 0 Å². The molecule has 30 heavy (non-hydrogen) atoms. The Morgan fingerprint density at radius 2 is 1.80 bits per heavy atom. The van der Waals surface area contributed by atoms with E-state index in [2.05, 4.69) is 33.5 Å². The Morgan fingerprint density at radius 1 is 1.07 bits per heavy atom. The highest BCUT2D eigenvalue weighted by Crippen LogP contribution is 2.37. The predicted octanol–water partition coefficient (Wildman–Crippen LogP) is 5.86. The van der Waals surface area contributed by atoms with Crippen molar-refractivity contribution in [3.05, 3.63) is 78.4 Å². The van der Waals surface area contributed by atoms with E-state index in [9.17, 15) is 9.18 Å². The summed E-state index contributed by atoms with van der Waals surface area (Å²) in [4.78, 5) is 23.6. The van der Waals surface area contributed by atoms with E-state index in [1.165, 1.54) is 23.9 Å². The lowest BCUT2D eigenvalue weighted by molar-refractivity contribution is -0.120. The highest BCUT2D eigenvalue weighted by atomic mass is 32.2. The van der Waals surface area contributed by atoms with Crippen molar-refractivity contribution in [2.45, 2.75) is 30.2 Å². The van der Waals surface area contributed by atoms with E-state index in [1.807, 2.05) is 32.0 Å². The first-order valence-electron chi connectivity index (χ1n) is 9.53. The molecule has 2 aromatic carbocycles. The molecular weight excluding hydrogens is 417 g/mol. The lowest BCUT2D eigenvalue weighted by Crippen LogP contribution is -2.33. The summed E-state index contributed by atoms with van der Waals surface area (Å²) in [6, 6.07) is 18.2. The van der Waals surface area contributed by atoms with Gasteiger partial charge in [-0.3, -0.25) is 4.79 Å². The quantitative estimate of drug-likeness (QED) is 0.303. The summed E-state index contributed by atoms with van der Waals surface area (Å²) in [5.74, 6) is -0.387. The number of nitrogens with zero attached hydrogens (tertiary/aromatic N) is 2. The third-order valence-electron chi connectivity index (χ3n) is 4.74. The summed E-state index contributed by atoms with van der Waals surface area (Å²) in [5, 5.41) is 4.39. The zero-order chi connectivity index (χ0) is 21.1. The van der Waals surface area contributed by atoms with E-state index < -0.39 is 0 Å². The van der Waals surface area contributed by atoms with Crippen LogP contribution in [0.1, 0.15) is 25.5 Å². The predicted molar refractivity (Wildman–Crippen MR) is 121 cm³/mol. The first-order valence-corrected chi connectivity index (χ1v) is 11.2. The molecule has 4 nitrogen and oxygen atoms in total. The van der Waals surface area contributed by atoms with Gasteiger partial charge in [0.25, 0.3) is 0 Å². The summed E-state index contributed by atoms with van der Waals surface area (Å²) in [6.45, 7) is 3.74. The summed E-state index contributed by atoms with van der Waals surface area (Å²) >= 11 is 3.03. The van der Waals surface area contributed by atoms with Gasteiger partial charge in [0.1, 0.15) is 22.0 Å². The fraction of sp³-hybridized carbons (Fsp3) is 0.174. The first kappa shape index (κ1) is 20.5. The molecule has 0 fully saturated rings. The zero-order valence-electron chi connectivity index (χ0n) is 16.5. The SMILES string of the molecule is CC(Sc1ncnc2sc(-c3ccccc3)cc12)C(=O)NC(C)c1ccc(F)cc1. The third-order valence-corrected chi connectivity index (χ3v) is 6.95. The minimum absolute atomic E-state index is 0.0953. The van der Waals surface area contributed by atoms with Crippen molar-refractivity contribution in [2.24, 2.45) is 0 Å². The zero-order valence-corrected chi connectivity index (χ0v) is 18.1. The van der Waals surface area contributed by atoms with Gasteiger partial charge in [0.2, 0.25) is 5.91 Å². The van der Waals surface area contributed by atoms with Crippen LogP contribution in [0.5, 0.6) is 0 Å². The molecule has 2 atom stereocenters. The van der Waals surface area contributed by atoms with Crippen molar-refractivity contribution in [2.75, 3.05) is 0 Å². The Hall–Kier alpha value is -2.77. The number of rotatable bonds is 6. The van der Waals surface area contributed by atoms with Crippen LogP contribution in [0.2, 0.25) is 0 Å². The highest BCUT2D eigenvalue weighted by molar-refractivity contribution is 8.00. The minimum atomic E-state index is -0.342. The molecule has 0 aliphatic carbocycles. The first-order chi connectivity index (χ1) is 14.5. The topological polar surface area (TPSA) is 54.9 Å². The number of benzene rings is 2. The molecule has 0 radical (unpaired) electrons. The van der Waals surface area contributed by atoms with E-state index >= 15 is 0 Å². The standard InChI is InChI=1S/C23H20FN3OS2/c1-14(16-8-10-18(24)11-9-16)27-21(28)15(2)29-22-19-12-20(17-6-4-3-5-7-17)30-23(19)26-13-25-22/h3-15H,1-2H3,(H,27,28). The van der Waals surface area contributed by atoms with E-state index in [0.717, 1.165) is 31.2 Å². The van der Waals surface area contributed by atoms with Gasteiger partial charge in [0.05, 0.1) is 11.3 Å². The molecule has 2 heterocycles. The molecule has 7 heteroatoms. The molecule has 1 amide bonds. The fourth-order valence-corrected chi connectivity index (χ4v) is 5.03. The van der Waals surface area contributed by atoms with Crippen molar-refractivity contribution in [3.63, 3.8) is 0 Å². The van der Waals surface area contributed by atoms with E-state index in [-0.39, 0.29) is 23.0 Å². The van der Waals surface area contributed by atoms with Gasteiger partial charge in [0.15, 0.2) is 0 Å². The van der Waals surface area contributed by atoms with Crippen LogP contribution in [0.3, 0.4) is 0 Å². The van der Waals surface area contributed by atoms with Crippen molar-refractivity contribution in [3.8, 4) is 10.4 Å². The van der Waals surface area contributed by atoms with E-state index in [4.69, 9.17) is 0 Å². The lowest BCUT2D eigenvalue weighted by Gasteiger charge is -2.17. The Bertz CT molecular complexity index is 1160. The maximum atomic E-state index is 13.1. The monoisotopic (exact) mass is 437 g/mol. The Morgan fingerprint density at radius 3 is 2.53 bits per heavy atom. The van der Waals surface area contributed by atoms with E-state index in [1.54, 1.807) is 29.8 Å². The van der Waals surface area contributed by atoms with Crippen molar-refractivity contribution >= 4 is 39.2 Å². The average Bonchev–Trinajstić information content (AvgIpc) is 3.20. The molecule has 0 spiro atoms. The molecule has 0 saturated heterocycles. The Balaban J connectivity index is 1.49. The summed E-state index contributed by atoms with van der Waals surface area (Å²) in [6.07, 6.45) is 1.54. The molecule has 0 bridgehead atoms. The number of carbonyl (C=O) groups is 1. The average molecular weight is 438 g/mol. The number of nitrogens with one attached hydrogen (secondary N) is 1. The molecule has 0 saturated carbocycles. The van der Waals surface area contributed by atoms with Gasteiger partial charge in [-0.25, -0.2) is 14.4 Å². The molecule has 152 valence electrons. The number of halogens is 1. The Kier molecular flexibility index (Phi) is 6.11. The number of fused-ring (bicyclic) bond motifs is 1. The van der Waals surface area contributed by atoms with Gasteiger partial charge < -0.3 is 5.32 Å². The van der Waals surface area contributed by atoms with Crippen LogP contribution in [-0.2, 0) is 4.79 Å². The smallest absolute Gasteiger partial charge is 0.233 e. The maximum absolute atomic E-state index is 13.1. The molecular formula is C23H20FN3OS2. The van der Waals surface area contributed by atoms with Crippen LogP contribution in [0.15, 0.2) is 72.0 Å².